The van der Waals surface area contributed by atoms with Crippen LogP contribution >= 0.6 is 0 Å². The summed E-state index contributed by atoms with van der Waals surface area (Å²) in [5.74, 6) is 1.45. The average molecular weight is 495 g/mol. The smallest absolute Gasteiger partial charge is 0.255 e. The minimum Gasteiger partial charge on any atom is -0.454 e. The lowest BCUT2D eigenvalue weighted by molar-refractivity contribution is 0.102. The third-order valence-corrected chi connectivity index (χ3v) is 7.92. The van der Waals surface area contributed by atoms with Crippen LogP contribution in [-0.4, -0.2) is 56.6 Å². The van der Waals surface area contributed by atoms with Gasteiger partial charge in [-0.1, -0.05) is 6.07 Å². The zero-order chi connectivity index (χ0) is 24.6. The van der Waals surface area contributed by atoms with Crippen molar-refractivity contribution in [3.63, 3.8) is 0 Å². The highest BCUT2D eigenvalue weighted by Crippen LogP contribution is 2.33. The molecule has 9 nitrogen and oxygen atoms in total. The number of ether oxygens (including phenoxy) is 2. The number of carbonyl (C=O) groups excluding carboxylic acids is 1. The largest absolute Gasteiger partial charge is 0.454 e. The molecule has 1 saturated heterocycles. The number of nitrogens with one attached hydrogen (secondary N) is 1. The molecule has 5 rings (SSSR count). The van der Waals surface area contributed by atoms with Gasteiger partial charge in [-0.3, -0.25) is 4.79 Å². The van der Waals surface area contributed by atoms with Gasteiger partial charge in [0.15, 0.2) is 17.3 Å². The molecule has 2 aliphatic rings. The van der Waals surface area contributed by atoms with Crippen LogP contribution in [-0.2, 0) is 10.0 Å². The van der Waals surface area contributed by atoms with Crippen LogP contribution in [0.2, 0.25) is 0 Å². The molecule has 1 amide bonds. The quantitative estimate of drug-likeness (QED) is 0.581. The second-order valence-corrected chi connectivity index (χ2v) is 10.5. The molecule has 0 unspecified atom stereocenters. The molecular weight excluding hydrogens is 468 g/mol. The van der Waals surface area contributed by atoms with Crippen molar-refractivity contribution in [2.75, 3.05) is 43.2 Å². The third kappa shape index (κ3) is 4.67. The van der Waals surface area contributed by atoms with Crippen LogP contribution in [0, 0.1) is 13.8 Å². The summed E-state index contributed by atoms with van der Waals surface area (Å²) >= 11 is 0. The Kier molecular flexibility index (Phi) is 6.08. The first-order chi connectivity index (χ1) is 16.8. The highest BCUT2D eigenvalue weighted by Gasteiger charge is 2.30. The van der Waals surface area contributed by atoms with Gasteiger partial charge < -0.3 is 19.7 Å². The lowest BCUT2D eigenvalue weighted by Gasteiger charge is -2.35. The molecule has 2 aliphatic heterocycles. The minimum absolute atomic E-state index is 0.137. The van der Waals surface area contributed by atoms with E-state index < -0.39 is 10.0 Å². The summed E-state index contributed by atoms with van der Waals surface area (Å²) in [7, 11) is -3.59. The summed E-state index contributed by atoms with van der Waals surface area (Å²) < 4.78 is 38.6. The Labute approximate surface area is 204 Å². The van der Waals surface area contributed by atoms with E-state index in [1.807, 2.05) is 24.8 Å². The van der Waals surface area contributed by atoms with E-state index >= 15 is 0 Å². The molecule has 35 heavy (non-hydrogen) atoms. The molecular formula is C25H26N4O5S. The van der Waals surface area contributed by atoms with Crippen LogP contribution in [0.1, 0.15) is 21.5 Å². The fraction of sp³-hybridized carbons (Fsp3) is 0.280. The number of nitrogens with zero attached hydrogens (tertiary/aromatic N) is 3. The van der Waals surface area contributed by atoms with Gasteiger partial charge in [-0.15, -0.1) is 0 Å². The number of rotatable bonds is 5. The molecule has 0 bridgehead atoms. The van der Waals surface area contributed by atoms with E-state index in [2.05, 4.69) is 10.3 Å². The number of aromatic nitrogens is 1. The predicted octanol–water partition coefficient (Wildman–Crippen LogP) is 3.19. The lowest BCUT2D eigenvalue weighted by atomic mass is 10.2. The Morgan fingerprint density at radius 2 is 1.66 bits per heavy atom. The van der Waals surface area contributed by atoms with Gasteiger partial charge in [0.05, 0.1) is 10.6 Å². The Morgan fingerprint density at radius 3 is 2.40 bits per heavy atom. The fourth-order valence-electron chi connectivity index (χ4n) is 4.35. The minimum atomic E-state index is -3.59. The van der Waals surface area contributed by atoms with Gasteiger partial charge in [-0.2, -0.15) is 4.31 Å². The average Bonchev–Trinajstić information content (AvgIpc) is 3.32. The lowest BCUT2D eigenvalue weighted by Crippen LogP contribution is -2.49. The van der Waals surface area contributed by atoms with Crippen molar-refractivity contribution in [1.82, 2.24) is 9.29 Å². The van der Waals surface area contributed by atoms with Gasteiger partial charge in [0.2, 0.25) is 16.8 Å². The van der Waals surface area contributed by atoms with E-state index in [1.165, 1.54) is 4.31 Å². The number of anilines is 2. The highest BCUT2D eigenvalue weighted by atomic mass is 32.2. The van der Waals surface area contributed by atoms with Crippen LogP contribution in [0.15, 0.2) is 59.6 Å². The first-order valence-electron chi connectivity index (χ1n) is 11.3. The summed E-state index contributed by atoms with van der Waals surface area (Å²) in [6.45, 7) is 5.47. The van der Waals surface area contributed by atoms with Crippen molar-refractivity contribution in [1.29, 1.82) is 0 Å². The predicted molar refractivity (Wildman–Crippen MR) is 132 cm³/mol. The molecule has 0 atom stereocenters. The number of sulfonamides is 1. The molecule has 3 heterocycles. The van der Waals surface area contributed by atoms with Gasteiger partial charge in [0.1, 0.15) is 0 Å². The number of fused-ring (bicyclic) bond motifs is 1. The molecule has 1 fully saturated rings. The maximum Gasteiger partial charge on any atom is 0.255 e. The second-order valence-electron chi connectivity index (χ2n) is 8.61. The Hall–Kier alpha value is -3.63. The molecule has 1 aromatic heterocycles. The molecule has 0 radical (unpaired) electrons. The van der Waals surface area contributed by atoms with Gasteiger partial charge >= 0.3 is 0 Å². The van der Waals surface area contributed by atoms with Crippen molar-refractivity contribution >= 4 is 27.4 Å². The van der Waals surface area contributed by atoms with Gasteiger partial charge in [-0.05, 0) is 67.4 Å². The zero-order valence-electron chi connectivity index (χ0n) is 19.5. The normalized spacial score (nSPS) is 15.8. The van der Waals surface area contributed by atoms with E-state index in [0.717, 1.165) is 11.1 Å². The second kappa shape index (κ2) is 9.20. The number of amides is 1. The van der Waals surface area contributed by atoms with E-state index in [9.17, 15) is 13.2 Å². The van der Waals surface area contributed by atoms with E-state index in [-0.39, 0.29) is 12.7 Å². The Balaban J connectivity index is 1.30. The van der Waals surface area contributed by atoms with E-state index in [0.29, 0.717) is 59.6 Å². The maximum atomic E-state index is 13.2. The third-order valence-electron chi connectivity index (χ3n) is 6.04. The summed E-state index contributed by atoms with van der Waals surface area (Å²) in [5.41, 5.74) is 2.83. The number of aryl methyl sites for hydroxylation is 2. The first-order valence-corrected chi connectivity index (χ1v) is 12.7. The molecule has 182 valence electrons. The highest BCUT2D eigenvalue weighted by molar-refractivity contribution is 7.89. The summed E-state index contributed by atoms with van der Waals surface area (Å²) in [6.07, 6.45) is 1.66. The summed E-state index contributed by atoms with van der Waals surface area (Å²) in [5, 5.41) is 2.92. The monoisotopic (exact) mass is 494 g/mol. The van der Waals surface area contributed by atoms with Crippen LogP contribution in [0.3, 0.4) is 0 Å². The number of carbonyl (C=O) groups is 1. The molecule has 0 aliphatic carbocycles. The Morgan fingerprint density at radius 1 is 0.943 bits per heavy atom. The molecule has 2 aromatic carbocycles. The van der Waals surface area contributed by atoms with Crippen molar-refractivity contribution in [2.45, 2.75) is 18.7 Å². The molecule has 0 spiro atoms. The topological polar surface area (TPSA) is 101 Å². The van der Waals surface area contributed by atoms with E-state index in [1.54, 1.807) is 48.7 Å². The number of pyridine rings is 1. The molecule has 10 heteroatoms. The van der Waals surface area contributed by atoms with Crippen LogP contribution in [0.5, 0.6) is 11.5 Å². The molecule has 1 N–H and O–H groups in total. The Bertz CT molecular complexity index is 1360. The molecule has 3 aromatic rings. The standard InChI is InChI=1S/C25H26N4O5S/c1-17-12-18(2)14-20(13-17)35(31,32)29-10-8-28(9-11-29)24-21(4-3-7-26-24)27-25(30)19-5-6-22-23(15-19)34-16-33-22/h3-7,12-15H,8-11,16H2,1-2H3,(H,27,30). The summed E-state index contributed by atoms with van der Waals surface area (Å²) in [4.78, 5) is 19.7. The van der Waals surface area contributed by atoms with Crippen LogP contribution < -0.4 is 19.7 Å². The van der Waals surface area contributed by atoms with Crippen molar-refractivity contribution in [3.8, 4) is 11.5 Å². The van der Waals surface area contributed by atoms with Crippen molar-refractivity contribution in [3.05, 3.63) is 71.4 Å². The zero-order valence-corrected chi connectivity index (χ0v) is 20.3. The summed E-state index contributed by atoms with van der Waals surface area (Å²) in [6, 6.07) is 13.9. The maximum absolute atomic E-state index is 13.2. The van der Waals surface area contributed by atoms with Crippen molar-refractivity contribution < 1.29 is 22.7 Å². The number of benzene rings is 2. The van der Waals surface area contributed by atoms with Crippen LogP contribution in [0.25, 0.3) is 0 Å². The molecule has 0 saturated carbocycles. The number of piperazine rings is 1. The number of hydrogen-bond acceptors (Lipinski definition) is 7. The first kappa shape index (κ1) is 23.1. The fourth-order valence-corrected chi connectivity index (χ4v) is 5.96. The van der Waals surface area contributed by atoms with Crippen LogP contribution in [0.4, 0.5) is 11.5 Å². The van der Waals surface area contributed by atoms with Gasteiger partial charge in [-0.25, -0.2) is 13.4 Å². The number of hydrogen-bond donors (Lipinski definition) is 1. The van der Waals surface area contributed by atoms with Gasteiger partial charge in [0.25, 0.3) is 5.91 Å². The van der Waals surface area contributed by atoms with Gasteiger partial charge in [0, 0.05) is 37.9 Å². The van der Waals surface area contributed by atoms with Crippen molar-refractivity contribution in [2.24, 2.45) is 0 Å². The van der Waals surface area contributed by atoms with E-state index in [4.69, 9.17) is 9.47 Å². The SMILES string of the molecule is Cc1cc(C)cc(S(=O)(=O)N2CCN(c3ncccc3NC(=O)c3ccc4c(c3)OCO4)CC2)c1.